The number of imide groups is 1. The minimum atomic E-state index is -1.47. The molecule has 0 saturated carbocycles. The Morgan fingerprint density at radius 1 is 0.967 bits per heavy atom. The van der Waals surface area contributed by atoms with Gasteiger partial charge in [0.25, 0.3) is 0 Å². The minimum Gasteiger partial charge on any atom is -0.444 e. The van der Waals surface area contributed by atoms with E-state index in [1.165, 1.54) is 0 Å². The van der Waals surface area contributed by atoms with Crippen molar-refractivity contribution in [2.75, 3.05) is 19.8 Å². The van der Waals surface area contributed by atoms with Gasteiger partial charge in [0.2, 0.25) is 5.91 Å². The third-order valence-corrected chi connectivity index (χ3v) is 5.87. The molecule has 0 spiro atoms. The van der Waals surface area contributed by atoms with Crippen LogP contribution in [0, 0.1) is 5.92 Å². The lowest BCUT2D eigenvalue weighted by molar-refractivity contribution is -0.462. The molecule has 0 N–H and O–H groups in total. The quantitative estimate of drug-likeness (QED) is 0.773. The summed E-state index contributed by atoms with van der Waals surface area (Å²) in [7, 11) is 0. The van der Waals surface area contributed by atoms with E-state index in [0.29, 0.717) is 19.8 Å². The smallest absolute Gasteiger partial charge is 0.417 e. The number of ether oxygens (including phenoxy) is 4. The Kier molecular flexibility index (Phi) is 5.02. The first-order chi connectivity index (χ1) is 14.7. The van der Waals surface area contributed by atoms with Crippen LogP contribution in [0.4, 0.5) is 4.79 Å². The van der Waals surface area contributed by atoms with Crippen LogP contribution in [0.5, 0.6) is 0 Å². The molecular formula is C23H23NO6. The van der Waals surface area contributed by atoms with Crippen molar-refractivity contribution in [3.63, 3.8) is 0 Å². The highest BCUT2D eigenvalue weighted by Gasteiger charge is 2.61. The van der Waals surface area contributed by atoms with Gasteiger partial charge < -0.3 is 18.9 Å². The lowest BCUT2D eigenvalue weighted by Crippen LogP contribution is -2.65. The van der Waals surface area contributed by atoms with Gasteiger partial charge in [-0.25, -0.2) is 9.69 Å². The van der Waals surface area contributed by atoms with Gasteiger partial charge in [-0.05, 0) is 11.1 Å². The number of fused-ring (bicyclic) bond motifs is 3. The van der Waals surface area contributed by atoms with Crippen molar-refractivity contribution in [1.29, 1.82) is 0 Å². The molecule has 2 aromatic rings. The first-order valence-electron chi connectivity index (χ1n) is 10.2. The molecule has 0 unspecified atom stereocenters. The van der Waals surface area contributed by atoms with Gasteiger partial charge in [0, 0.05) is 18.3 Å². The van der Waals surface area contributed by atoms with Crippen LogP contribution in [0.3, 0.4) is 0 Å². The third kappa shape index (κ3) is 3.39. The van der Waals surface area contributed by atoms with Crippen molar-refractivity contribution >= 4 is 12.0 Å². The Morgan fingerprint density at radius 2 is 1.57 bits per heavy atom. The Balaban J connectivity index is 1.45. The SMILES string of the molecule is O=C1C[C@@H](c2ccccc2)[C@@H](C23OCC(CO2)CO3)N1C(=O)OCc1ccccc1. The number of hydrogen-bond acceptors (Lipinski definition) is 6. The van der Waals surface area contributed by atoms with E-state index in [1.807, 2.05) is 60.7 Å². The highest BCUT2D eigenvalue weighted by molar-refractivity contribution is 5.95. The fourth-order valence-electron chi connectivity index (χ4n) is 4.37. The number of benzene rings is 2. The average Bonchev–Trinajstić information content (AvgIpc) is 3.18. The molecule has 7 heteroatoms. The summed E-state index contributed by atoms with van der Waals surface area (Å²) in [6, 6.07) is 18.2. The summed E-state index contributed by atoms with van der Waals surface area (Å²) in [4.78, 5) is 27.2. The Labute approximate surface area is 174 Å². The van der Waals surface area contributed by atoms with E-state index >= 15 is 0 Å². The topological polar surface area (TPSA) is 74.3 Å². The Hall–Kier alpha value is -2.74. The monoisotopic (exact) mass is 409 g/mol. The summed E-state index contributed by atoms with van der Waals surface area (Å²) in [6.07, 6.45) is -0.568. The van der Waals surface area contributed by atoms with Crippen LogP contribution >= 0.6 is 0 Å². The zero-order valence-electron chi connectivity index (χ0n) is 16.4. The maximum absolute atomic E-state index is 13.0. The highest BCUT2D eigenvalue weighted by Crippen LogP contribution is 2.46. The third-order valence-electron chi connectivity index (χ3n) is 5.87. The van der Waals surface area contributed by atoms with E-state index in [4.69, 9.17) is 18.9 Å². The molecule has 6 rings (SSSR count). The van der Waals surface area contributed by atoms with Crippen LogP contribution in [-0.2, 0) is 30.3 Å². The Morgan fingerprint density at radius 3 is 2.20 bits per heavy atom. The minimum absolute atomic E-state index is 0.0732. The molecule has 0 aromatic heterocycles. The molecule has 4 aliphatic heterocycles. The standard InChI is InChI=1S/C23H23NO6/c25-20-11-19(18-9-5-2-6-10-18)21(23-28-13-17(14-29-23)15-30-23)24(20)22(26)27-12-16-7-3-1-4-8-16/h1-10,17,19,21H,11-15H2/t17?,19-,21-,23?/m0/s1. The normalized spacial score (nSPS) is 30.5. The predicted molar refractivity (Wildman–Crippen MR) is 105 cm³/mol. The van der Waals surface area contributed by atoms with Gasteiger partial charge in [-0.1, -0.05) is 60.7 Å². The van der Waals surface area contributed by atoms with E-state index in [2.05, 4.69) is 0 Å². The van der Waals surface area contributed by atoms with Crippen molar-refractivity contribution < 1.29 is 28.5 Å². The van der Waals surface area contributed by atoms with Crippen LogP contribution in [-0.4, -0.2) is 48.7 Å². The number of nitrogens with zero attached hydrogens (tertiary/aromatic N) is 1. The van der Waals surface area contributed by atoms with Crippen LogP contribution in [0.15, 0.2) is 60.7 Å². The molecule has 0 aliphatic carbocycles. The van der Waals surface area contributed by atoms with Gasteiger partial charge in [-0.2, -0.15) is 0 Å². The number of carbonyl (C=O) groups is 2. The molecule has 2 bridgehead atoms. The number of hydrogen-bond donors (Lipinski definition) is 0. The van der Waals surface area contributed by atoms with Gasteiger partial charge in [-0.15, -0.1) is 0 Å². The molecule has 4 aliphatic rings. The summed E-state index contributed by atoms with van der Waals surface area (Å²) in [5.74, 6) is -1.95. The van der Waals surface area contributed by atoms with Crippen LogP contribution in [0.2, 0.25) is 0 Å². The summed E-state index contributed by atoms with van der Waals surface area (Å²) in [6.45, 7) is 1.49. The van der Waals surface area contributed by atoms with E-state index in [0.717, 1.165) is 16.0 Å². The van der Waals surface area contributed by atoms with E-state index in [1.54, 1.807) is 0 Å². The zero-order valence-corrected chi connectivity index (χ0v) is 16.4. The number of carbonyl (C=O) groups excluding carboxylic acids is 2. The summed E-state index contributed by atoms with van der Waals surface area (Å²) in [5, 5.41) is 0. The molecule has 30 heavy (non-hydrogen) atoms. The Bertz CT molecular complexity index is 896. The lowest BCUT2D eigenvalue weighted by Gasteiger charge is -2.50. The summed E-state index contributed by atoms with van der Waals surface area (Å²) >= 11 is 0. The maximum atomic E-state index is 13.0. The first-order valence-corrected chi connectivity index (χ1v) is 10.2. The van der Waals surface area contributed by atoms with Crippen LogP contribution in [0.1, 0.15) is 23.5 Å². The summed E-state index contributed by atoms with van der Waals surface area (Å²) < 4.78 is 23.3. The highest BCUT2D eigenvalue weighted by atomic mass is 16.9. The molecule has 7 nitrogen and oxygen atoms in total. The van der Waals surface area contributed by atoms with Crippen molar-refractivity contribution in [2.45, 2.75) is 31.0 Å². The van der Waals surface area contributed by atoms with E-state index in [9.17, 15) is 9.59 Å². The number of rotatable bonds is 4. The maximum Gasteiger partial charge on any atom is 0.417 e. The van der Waals surface area contributed by atoms with Crippen LogP contribution in [0.25, 0.3) is 0 Å². The molecule has 4 heterocycles. The number of likely N-dealkylation sites (tertiary alicyclic amines) is 1. The van der Waals surface area contributed by atoms with Crippen molar-refractivity contribution in [3.8, 4) is 0 Å². The molecule has 0 radical (unpaired) electrons. The summed E-state index contributed by atoms with van der Waals surface area (Å²) in [5.41, 5.74) is 1.76. The van der Waals surface area contributed by atoms with Crippen molar-refractivity contribution in [2.24, 2.45) is 5.92 Å². The van der Waals surface area contributed by atoms with Gasteiger partial charge in [0.15, 0.2) is 0 Å². The number of amides is 2. The molecule has 2 amide bonds. The van der Waals surface area contributed by atoms with Gasteiger partial charge in [-0.3, -0.25) is 4.79 Å². The second-order valence-corrected chi connectivity index (χ2v) is 7.87. The lowest BCUT2D eigenvalue weighted by atomic mass is 9.89. The van der Waals surface area contributed by atoms with Crippen LogP contribution < -0.4 is 0 Å². The zero-order chi connectivity index (χ0) is 20.6. The molecule has 2 aromatic carbocycles. The fourth-order valence-corrected chi connectivity index (χ4v) is 4.37. The molecule has 2 atom stereocenters. The molecular weight excluding hydrogens is 386 g/mol. The van der Waals surface area contributed by atoms with Gasteiger partial charge in [0.05, 0.1) is 19.8 Å². The van der Waals surface area contributed by atoms with Crippen molar-refractivity contribution in [3.05, 3.63) is 71.8 Å². The largest absolute Gasteiger partial charge is 0.444 e. The molecule has 4 saturated heterocycles. The predicted octanol–water partition coefficient (Wildman–Crippen LogP) is 3.05. The molecule has 156 valence electrons. The molecule has 4 fully saturated rings. The van der Waals surface area contributed by atoms with E-state index in [-0.39, 0.29) is 30.8 Å². The first kappa shape index (κ1) is 19.2. The van der Waals surface area contributed by atoms with Gasteiger partial charge >= 0.3 is 12.1 Å². The second-order valence-electron chi connectivity index (χ2n) is 7.87. The second kappa shape index (κ2) is 7.83. The van der Waals surface area contributed by atoms with E-state index < -0.39 is 18.1 Å². The average molecular weight is 409 g/mol. The van der Waals surface area contributed by atoms with Crippen molar-refractivity contribution in [1.82, 2.24) is 4.90 Å². The van der Waals surface area contributed by atoms with Gasteiger partial charge in [0.1, 0.15) is 12.6 Å². The fraction of sp³-hybridized carbons (Fsp3) is 0.391.